The van der Waals surface area contributed by atoms with Crippen molar-refractivity contribution in [3.8, 4) is 23.0 Å². The first-order valence-electron chi connectivity index (χ1n) is 11.5. The molecule has 0 heterocycles. The van der Waals surface area contributed by atoms with Gasteiger partial charge in [0.15, 0.2) is 23.0 Å². The van der Waals surface area contributed by atoms with Gasteiger partial charge in [-0.3, -0.25) is 4.79 Å². The van der Waals surface area contributed by atoms with E-state index in [0.29, 0.717) is 61.9 Å². The number of carbonyl (C=O) groups is 1. The Bertz CT molecular complexity index is 1270. The average molecular weight is 610 g/mol. The standard InChI is InChI=1S/C27H27BrCl2N2O5/c1-4-10-36-23-9-7-18(13-24(23)34-3)27(33)32-31-15-17-11-21(28)26(25(12-17)35-5-2)37-16-19-6-8-20(29)14-22(19)30/h6-9,11-15H,4-5,10,16H2,1-3H3,(H,32,33)/b31-15+. The maximum atomic E-state index is 12.6. The molecule has 0 unspecified atom stereocenters. The highest BCUT2D eigenvalue weighted by Crippen LogP contribution is 2.37. The van der Waals surface area contributed by atoms with E-state index in [1.54, 1.807) is 42.5 Å². The van der Waals surface area contributed by atoms with Crippen molar-refractivity contribution < 1.29 is 23.7 Å². The Hall–Kier alpha value is -2.94. The van der Waals surface area contributed by atoms with E-state index in [4.69, 9.17) is 42.1 Å². The molecule has 0 aliphatic carbocycles. The second kappa shape index (κ2) is 14.1. The van der Waals surface area contributed by atoms with E-state index in [2.05, 4.69) is 26.5 Å². The van der Waals surface area contributed by atoms with Crippen LogP contribution in [-0.4, -0.2) is 32.4 Å². The zero-order chi connectivity index (χ0) is 26.8. The molecule has 0 radical (unpaired) electrons. The van der Waals surface area contributed by atoms with Crippen LogP contribution < -0.4 is 24.4 Å². The lowest BCUT2D eigenvalue weighted by molar-refractivity contribution is 0.0954. The topological polar surface area (TPSA) is 78.4 Å². The second-order valence-electron chi connectivity index (χ2n) is 7.70. The van der Waals surface area contributed by atoms with E-state index < -0.39 is 0 Å². The fourth-order valence-corrected chi connectivity index (χ4v) is 4.26. The number of halogens is 3. The van der Waals surface area contributed by atoms with Crippen LogP contribution in [0, 0.1) is 0 Å². The highest BCUT2D eigenvalue weighted by Gasteiger charge is 2.14. The fraction of sp³-hybridized carbons (Fsp3) is 0.259. The van der Waals surface area contributed by atoms with Crippen LogP contribution in [0.4, 0.5) is 0 Å². The largest absolute Gasteiger partial charge is 0.493 e. The molecule has 0 bridgehead atoms. The van der Waals surface area contributed by atoms with Gasteiger partial charge >= 0.3 is 0 Å². The number of nitrogens with zero attached hydrogens (tertiary/aromatic N) is 1. The molecule has 0 spiro atoms. The number of benzene rings is 3. The molecule has 0 aliphatic heterocycles. The number of hydrogen-bond donors (Lipinski definition) is 1. The molecular formula is C27H27BrCl2N2O5. The lowest BCUT2D eigenvalue weighted by Crippen LogP contribution is -2.17. The van der Waals surface area contributed by atoms with Gasteiger partial charge in [-0.15, -0.1) is 0 Å². The van der Waals surface area contributed by atoms with Crippen molar-refractivity contribution in [3.63, 3.8) is 0 Å². The van der Waals surface area contributed by atoms with Gasteiger partial charge in [0.05, 0.1) is 31.0 Å². The van der Waals surface area contributed by atoms with E-state index in [9.17, 15) is 4.79 Å². The third kappa shape index (κ3) is 8.02. The van der Waals surface area contributed by atoms with Crippen molar-refractivity contribution in [1.29, 1.82) is 0 Å². The third-order valence-electron chi connectivity index (χ3n) is 4.99. The molecule has 3 rings (SSSR count). The van der Waals surface area contributed by atoms with Crippen LogP contribution in [0.2, 0.25) is 10.0 Å². The number of ether oxygens (including phenoxy) is 4. The number of amides is 1. The maximum absolute atomic E-state index is 12.6. The van der Waals surface area contributed by atoms with Crippen molar-refractivity contribution in [2.75, 3.05) is 20.3 Å². The summed E-state index contributed by atoms with van der Waals surface area (Å²) in [5.41, 5.74) is 4.39. The molecule has 196 valence electrons. The Morgan fingerprint density at radius 1 is 1.00 bits per heavy atom. The minimum absolute atomic E-state index is 0.226. The van der Waals surface area contributed by atoms with Crippen LogP contribution in [0.3, 0.4) is 0 Å². The van der Waals surface area contributed by atoms with Gasteiger partial charge in [0.1, 0.15) is 6.61 Å². The molecule has 0 atom stereocenters. The number of hydrogen-bond acceptors (Lipinski definition) is 6. The van der Waals surface area contributed by atoms with Gasteiger partial charge in [-0.1, -0.05) is 36.2 Å². The van der Waals surface area contributed by atoms with Gasteiger partial charge in [0.2, 0.25) is 0 Å². The Balaban J connectivity index is 1.71. The van der Waals surface area contributed by atoms with E-state index in [0.717, 1.165) is 12.0 Å². The van der Waals surface area contributed by atoms with E-state index in [1.807, 2.05) is 19.9 Å². The minimum Gasteiger partial charge on any atom is -0.493 e. The second-order valence-corrected chi connectivity index (χ2v) is 9.40. The zero-order valence-corrected chi connectivity index (χ0v) is 23.7. The van der Waals surface area contributed by atoms with Crippen LogP contribution in [-0.2, 0) is 6.61 Å². The molecule has 3 aromatic rings. The van der Waals surface area contributed by atoms with Crippen molar-refractivity contribution in [1.82, 2.24) is 5.43 Å². The molecule has 3 aromatic carbocycles. The van der Waals surface area contributed by atoms with Crippen LogP contribution >= 0.6 is 39.1 Å². The number of rotatable bonds is 12. The summed E-state index contributed by atoms with van der Waals surface area (Å²) >= 11 is 15.8. The predicted molar refractivity (Wildman–Crippen MR) is 150 cm³/mol. The Kier molecular flexibility index (Phi) is 10.9. The van der Waals surface area contributed by atoms with E-state index >= 15 is 0 Å². The van der Waals surface area contributed by atoms with Crippen molar-refractivity contribution in [2.45, 2.75) is 26.9 Å². The summed E-state index contributed by atoms with van der Waals surface area (Å²) in [6.45, 7) is 5.11. The van der Waals surface area contributed by atoms with Crippen molar-refractivity contribution in [2.24, 2.45) is 5.10 Å². The van der Waals surface area contributed by atoms with Gasteiger partial charge in [-0.05, 0) is 77.3 Å². The number of carbonyl (C=O) groups excluding carboxylic acids is 1. The molecule has 37 heavy (non-hydrogen) atoms. The first-order chi connectivity index (χ1) is 17.9. The lowest BCUT2D eigenvalue weighted by atomic mass is 10.2. The molecule has 1 N–H and O–H groups in total. The SMILES string of the molecule is CCCOc1ccc(C(=O)N/N=C/c2cc(Br)c(OCc3ccc(Cl)cc3Cl)c(OCC)c2)cc1OC. The van der Waals surface area contributed by atoms with Crippen LogP contribution in [0.15, 0.2) is 58.1 Å². The molecular weight excluding hydrogens is 583 g/mol. The summed E-state index contributed by atoms with van der Waals surface area (Å²) in [4.78, 5) is 12.6. The molecule has 0 aromatic heterocycles. The summed E-state index contributed by atoms with van der Waals surface area (Å²) in [7, 11) is 1.53. The Morgan fingerprint density at radius 3 is 2.51 bits per heavy atom. The summed E-state index contributed by atoms with van der Waals surface area (Å²) in [5, 5.41) is 5.16. The summed E-state index contributed by atoms with van der Waals surface area (Å²) in [6, 6.07) is 13.8. The average Bonchev–Trinajstić information content (AvgIpc) is 2.88. The number of methoxy groups -OCH3 is 1. The lowest BCUT2D eigenvalue weighted by Gasteiger charge is -2.15. The van der Waals surface area contributed by atoms with Gasteiger partial charge in [-0.2, -0.15) is 5.10 Å². The zero-order valence-electron chi connectivity index (χ0n) is 20.6. The van der Waals surface area contributed by atoms with Crippen LogP contribution in [0.1, 0.15) is 41.8 Å². The van der Waals surface area contributed by atoms with Gasteiger partial charge in [0.25, 0.3) is 5.91 Å². The van der Waals surface area contributed by atoms with Crippen LogP contribution in [0.5, 0.6) is 23.0 Å². The smallest absolute Gasteiger partial charge is 0.271 e. The molecule has 1 amide bonds. The Labute approximate surface area is 234 Å². The number of hydrazone groups is 1. The summed E-state index contributed by atoms with van der Waals surface area (Å²) in [6.07, 6.45) is 2.38. The molecule has 0 aliphatic rings. The van der Waals surface area contributed by atoms with Gasteiger partial charge in [-0.25, -0.2) is 5.43 Å². The van der Waals surface area contributed by atoms with Gasteiger partial charge < -0.3 is 18.9 Å². The molecule has 0 saturated heterocycles. The van der Waals surface area contributed by atoms with Crippen molar-refractivity contribution in [3.05, 3.63) is 79.7 Å². The first-order valence-corrected chi connectivity index (χ1v) is 13.1. The molecule has 10 heteroatoms. The summed E-state index contributed by atoms with van der Waals surface area (Å²) < 4.78 is 23.4. The van der Waals surface area contributed by atoms with Gasteiger partial charge in [0, 0.05) is 21.2 Å². The van der Waals surface area contributed by atoms with E-state index in [1.165, 1.54) is 13.3 Å². The highest BCUT2D eigenvalue weighted by atomic mass is 79.9. The monoisotopic (exact) mass is 608 g/mol. The van der Waals surface area contributed by atoms with Crippen molar-refractivity contribution >= 4 is 51.3 Å². The summed E-state index contributed by atoms with van der Waals surface area (Å²) in [5.74, 6) is 1.71. The van der Waals surface area contributed by atoms with Crippen LogP contribution in [0.25, 0.3) is 0 Å². The molecule has 0 saturated carbocycles. The van der Waals surface area contributed by atoms with E-state index in [-0.39, 0.29) is 12.5 Å². The normalized spacial score (nSPS) is 10.9. The third-order valence-corrected chi connectivity index (χ3v) is 6.16. The quantitative estimate of drug-likeness (QED) is 0.172. The minimum atomic E-state index is -0.388. The maximum Gasteiger partial charge on any atom is 0.271 e. The highest BCUT2D eigenvalue weighted by molar-refractivity contribution is 9.10. The fourth-order valence-electron chi connectivity index (χ4n) is 3.22. The number of nitrogens with one attached hydrogen (secondary N) is 1. The Morgan fingerprint density at radius 2 is 1.81 bits per heavy atom. The molecule has 7 nitrogen and oxygen atoms in total. The predicted octanol–water partition coefficient (Wildman–Crippen LogP) is 7.29. The first kappa shape index (κ1) is 28.6. The molecule has 0 fully saturated rings.